The van der Waals surface area contributed by atoms with Crippen LogP contribution in [-0.2, 0) is 7.05 Å². The Morgan fingerprint density at radius 2 is 1.95 bits per heavy atom. The summed E-state index contributed by atoms with van der Waals surface area (Å²) in [6, 6.07) is 10.4. The highest BCUT2D eigenvalue weighted by Crippen LogP contribution is 2.33. The summed E-state index contributed by atoms with van der Waals surface area (Å²) in [7, 11) is 1.66. The molecule has 2 aromatic carbocycles. The minimum atomic E-state index is -0.394. The van der Waals surface area contributed by atoms with Crippen molar-refractivity contribution < 1.29 is 8.81 Å². The standard InChI is InChI=1S/C16H13BrFNO2/c1-9-5-11(7-12(18)6-9)15(17)10-3-4-13-14(8-10)21-16(20)19(13)2/h3-8,15H,1-2H3. The van der Waals surface area contributed by atoms with Crippen LogP contribution < -0.4 is 5.76 Å². The molecule has 0 saturated heterocycles. The van der Waals surface area contributed by atoms with Crippen LogP contribution >= 0.6 is 15.9 Å². The molecule has 0 aliphatic carbocycles. The highest BCUT2D eigenvalue weighted by atomic mass is 79.9. The highest BCUT2D eigenvalue weighted by molar-refractivity contribution is 9.09. The SMILES string of the molecule is Cc1cc(F)cc(C(Br)c2ccc3c(c2)oc(=O)n3C)c1. The van der Waals surface area contributed by atoms with E-state index in [9.17, 15) is 9.18 Å². The molecule has 1 aromatic heterocycles. The number of nitrogens with zero attached hydrogens (tertiary/aromatic N) is 1. The normalized spacial score (nSPS) is 12.8. The molecule has 3 aromatic rings. The van der Waals surface area contributed by atoms with E-state index in [1.54, 1.807) is 13.1 Å². The Bertz CT molecular complexity index is 861. The first-order valence-electron chi connectivity index (χ1n) is 6.46. The largest absolute Gasteiger partial charge is 0.419 e. The van der Waals surface area contributed by atoms with Gasteiger partial charge in [0.2, 0.25) is 0 Å². The predicted octanol–water partition coefficient (Wildman–Crippen LogP) is 4.06. The molecular formula is C16H13BrFNO2. The van der Waals surface area contributed by atoms with Crippen molar-refractivity contribution in [3.8, 4) is 0 Å². The third-order valence-corrected chi connectivity index (χ3v) is 4.52. The van der Waals surface area contributed by atoms with Crippen LogP contribution in [0, 0.1) is 12.7 Å². The maximum Gasteiger partial charge on any atom is 0.419 e. The van der Waals surface area contributed by atoms with Crippen molar-refractivity contribution in [3.05, 3.63) is 69.5 Å². The molecule has 0 aliphatic rings. The first-order valence-corrected chi connectivity index (χ1v) is 7.38. The molecule has 3 rings (SSSR count). The van der Waals surface area contributed by atoms with Crippen molar-refractivity contribution in [2.75, 3.05) is 0 Å². The lowest BCUT2D eigenvalue weighted by atomic mass is 10.0. The minimum Gasteiger partial charge on any atom is -0.408 e. The van der Waals surface area contributed by atoms with Crippen LogP contribution in [0.15, 0.2) is 45.6 Å². The van der Waals surface area contributed by atoms with Gasteiger partial charge >= 0.3 is 5.76 Å². The van der Waals surface area contributed by atoms with Crippen LogP contribution in [0.4, 0.5) is 4.39 Å². The Kier molecular flexibility index (Phi) is 3.45. The van der Waals surface area contributed by atoms with E-state index in [1.165, 1.54) is 16.7 Å². The van der Waals surface area contributed by atoms with Gasteiger partial charge in [0.1, 0.15) is 5.82 Å². The summed E-state index contributed by atoms with van der Waals surface area (Å²) >= 11 is 3.58. The quantitative estimate of drug-likeness (QED) is 0.654. The van der Waals surface area contributed by atoms with Crippen LogP contribution in [0.3, 0.4) is 0 Å². The third kappa shape index (κ3) is 2.53. The summed E-state index contributed by atoms with van der Waals surface area (Å²) in [6.07, 6.45) is 0. The topological polar surface area (TPSA) is 35.1 Å². The van der Waals surface area contributed by atoms with E-state index in [1.807, 2.05) is 25.1 Å². The van der Waals surface area contributed by atoms with Crippen molar-refractivity contribution in [2.45, 2.75) is 11.8 Å². The monoisotopic (exact) mass is 349 g/mol. The Morgan fingerprint density at radius 3 is 2.67 bits per heavy atom. The molecule has 0 radical (unpaired) electrons. The number of fused-ring (bicyclic) bond motifs is 1. The van der Waals surface area contributed by atoms with Gasteiger partial charge in [-0.15, -0.1) is 0 Å². The molecule has 0 N–H and O–H groups in total. The average molecular weight is 350 g/mol. The molecule has 1 atom stereocenters. The first kappa shape index (κ1) is 14.1. The summed E-state index contributed by atoms with van der Waals surface area (Å²) < 4.78 is 20.2. The second kappa shape index (κ2) is 5.15. The van der Waals surface area contributed by atoms with Gasteiger partial charge in [0.25, 0.3) is 0 Å². The van der Waals surface area contributed by atoms with Crippen molar-refractivity contribution >= 4 is 27.0 Å². The molecule has 0 fully saturated rings. The lowest BCUT2D eigenvalue weighted by Crippen LogP contribution is -2.08. The van der Waals surface area contributed by atoms with Crippen molar-refractivity contribution in [2.24, 2.45) is 7.05 Å². The minimum absolute atomic E-state index is 0.165. The molecule has 5 heteroatoms. The van der Waals surface area contributed by atoms with E-state index in [2.05, 4.69) is 15.9 Å². The number of aryl methyl sites for hydroxylation is 2. The van der Waals surface area contributed by atoms with Crippen LogP contribution in [-0.4, -0.2) is 4.57 Å². The highest BCUT2D eigenvalue weighted by Gasteiger charge is 2.14. The molecule has 0 aliphatic heterocycles. The Morgan fingerprint density at radius 1 is 1.19 bits per heavy atom. The van der Waals surface area contributed by atoms with Crippen molar-refractivity contribution in [1.29, 1.82) is 0 Å². The zero-order valence-corrected chi connectivity index (χ0v) is 13.1. The van der Waals surface area contributed by atoms with Gasteiger partial charge in [0.05, 0.1) is 10.3 Å². The molecule has 0 amide bonds. The summed E-state index contributed by atoms with van der Waals surface area (Å²) in [5.41, 5.74) is 3.85. The fourth-order valence-electron chi connectivity index (χ4n) is 2.41. The number of benzene rings is 2. The summed E-state index contributed by atoms with van der Waals surface area (Å²) in [5, 5.41) is 0. The summed E-state index contributed by atoms with van der Waals surface area (Å²) in [4.78, 5) is 11.3. The van der Waals surface area contributed by atoms with Gasteiger partial charge in [0, 0.05) is 7.05 Å². The second-order valence-corrected chi connectivity index (χ2v) is 5.99. The van der Waals surface area contributed by atoms with E-state index in [0.717, 1.165) is 22.2 Å². The molecule has 0 spiro atoms. The van der Waals surface area contributed by atoms with Gasteiger partial charge in [-0.3, -0.25) is 4.57 Å². The predicted molar refractivity (Wildman–Crippen MR) is 83.4 cm³/mol. The summed E-state index contributed by atoms with van der Waals surface area (Å²) in [6.45, 7) is 1.85. The fourth-order valence-corrected chi connectivity index (χ4v) is 2.96. The smallest absolute Gasteiger partial charge is 0.408 e. The third-order valence-electron chi connectivity index (χ3n) is 3.47. The average Bonchev–Trinajstić information content (AvgIpc) is 2.71. The fraction of sp³-hybridized carbons (Fsp3) is 0.188. The number of alkyl halides is 1. The summed E-state index contributed by atoms with van der Waals surface area (Å²) in [5.74, 6) is -0.656. The Labute approximate surface area is 129 Å². The van der Waals surface area contributed by atoms with Crippen LogP contribution in [0.25, 0.3) is 11.1 Å². The van der Waals surface area contributed by atoms with Gasteiger partial charge in [-0.2, -0.15) is 0 Å². The van der Waals surface area contributed by atoms with Crippen molar-refractivity contribution in [3.63, 3.8) is 0 Å². The molecule has 3 nitrogen and oxygen atoms in total. The number of oxazole rings is 1. The van der Waals surface area contributed by atoms with Gasteiger partial charge < -0.3 is 4.42 Å². The number of hydrogen-bond donors (Lipinski definition) is 0. The van der Waals surface area contributed by atoms with Gasteiger partial charge in [-0.25, -0.2) is 9.18 Å². The number of aromatic nitrogens is 1. The zero-order chi connectivity index (χ0) is 15.1. The van der Waals surface area contributed by atoms with Crippen molar-refractivity contribution in [1.82, 2.24) is 4.57 Å². The molecule has 1 unspecified atom stereocenters. The van der Waals surface area contributed by atoms with E-state index < -0.39 is 5.76 Å². The maximum atomic E-state index is 13.5. The molecule has 0 bridgehead atoms. The van der Waals surface area contributed by atoms with Crippen LogP contribution in [0.5, 0.6) is 0 Å². The Balaban J connectivity index is 2.08. The van der Waals surface area contributed by atoms with Crippen LogP contribution in [0.2, 0.25) is 0 Å². The lowest BCUT2D eigenvalue weighted by Gasteiger charge is -2.12. The van der Waals surface area contributed by atoms with E-state index in [4.69, 9.17) is 4.42 Å². The number of halogens is 2. The lowest BCUT2D eigenvalue weighted by molar-refractivity contribution is 0.528. The number of rotatable bonds is 2. The molecule has 0 saturated carbocycles. The molecular weight excluding hydrogens is 337 g/mol. The zero-order valence-electron chi connectivity index (χ0n) is 11.6. The van der Waals surface area contributed by atoms with E-state index in [-0.39, 0.29) is 10.6 Å². The van der Waals surface area contributed by atoms with Gasteiger partial charge in [0.15, 0.2) is 5.58 Å². The van der Waals surface area contributed by atoms with E-state index >= 15 is 0 Å². The van der Waals surface area contributed by atoms with E-state index in [0.29, 0.717) is 5.58 Å². The van der Waals surface area contributed by atoms with Gasteiger partial charge in [-0.1, -0.05) is 28.1 Å². The molecule has 21 heavy (non-hydrogen) atoms. The first-order chi connectivity index (χ1) is 9.95. The molecule has 108 valence electrons. The van der Waals surface area contributed by atoms with Crippen LogP contribution in [0.1, 0.15) is 21.5 Å². The second-order valence-electron chi connectivity index (χ2n) is 5.08. The van der Waals surface area contributed by atoms with Gasteiger partial charge in [-0.05, 0) is 47.9 Å². The maximum absolute atomic E-state index is 13.5. The Hall–Kier alpha value is -1.88. The molecule has 1 heterocycles. The number of hydrogen-bond acceptors (Lipinski definition) is 2.